The summed E-state index contributed by atoms with van der Waals surface area (Å²) in [6.07, 6.45) is -4.91. The third-order valence-electron chi connectivity index (χ3n) is 2.05. The number of amides is 1. The Morgan fingerprint density at radius 2 is 1.93 bits per heavy atom. The molecule has 5 nitrogen and oxygen atoms in total. The maximum absolute atomic E-state index is 12.3. The van der Waals surface area contributed by atoms with E-state index in [4.69, 9.17) is 10.2 Å². The number of nitrogens with one attached hydrogen (secondary N) is 1. The van der Waals surface area contributed by atoms with Gasteiger partial charge in [0.1, 0.15) is 0 Å². The zero-order chi connectivity index (χ0) is 12.0. The fourth-order valence-corrected chi connectivity index (χ4v) is 1.27. The minimum absolute atomic E-state index is 0.554. The van der Waals surface area contributed by atoms with E-state index in [1.165, 1.54) is 13.8 Å². The number of aliphatic hydroxyl groups is 2. The fourth-order valence-electron chi connectivity index (χ4n) is 1.27. The van der Waals surface area contributed by atoms with Gasteiger partial charge in [-0.3, -0.25) is 9.80 Å². The summed E-state index contributed by atoms with van der Waals surface area (Å²) < 4.78 is 36.9. The number of hydrogen-bond acceptors (Lipinski definition) is 4. The van der Waals surface area contributed by atoms with Gasteiger partial charge in [0, 0.05) is 6.04 Å². The number of alkyl halides is 3. The zero-order valence-corrected chi connectivity index (χ0v) is 8.04. The number of hydrogen-bond donors (Lipinski definition) is 3. The number of halogens is 3. The molecule has 1 unspecified atom stereocenters. The Hall–Kier alpha value is -0.860. The minimum Gasteiger partial charge on any atom is -0.357 e. The van der Waals surface area contributed by atoms with Crippen LogP contribution in [0.1, 0.15) is 13.8 Å². The van der Waals surface area contributed by atoms with Gasteiger partial charge >= 0.3 is 6.18 Å². The molecule has 1 amide bonds. The summed E-state index contributed by atoms with van der Waals surface area (Å²) in [6.45, 7) is 2.89. The minimum atomic E-state index is -4.91. The molecule has 0 aromatic rings. The van der Waals surface area contributed by atoms with E-state index in [0.717, 1.165) is 0 Å². The molecule has 1 aliphatic rings. The van der Waals surface area contributed by atoms with Gasteiger partial charge in [0.25, 0.3) is 11.7 Å². The van der Waals surface area contributed by atoms with Crippen molar-refractivity contribution < 1.29 is 28.2 Å². The molecule has 0 bridgehead atoms. The van der Waals surface area contributed by atoms with Gasteiger partial charge in [-0.05, 0) is 13.8 Å². The molecule has 15 heavy (non-hydrogen) atoms. The predicted molar refractivity (Wildman–Crippen MR) is 42.1 cm³/mol. The van der Waals surface area contributed by atoms with Crippen molar-refractivity contribution in [2.45, 2.75) is 37.9 Å². The molecule has 0 spiro atoms. The van der Waals surface area contributed by atoms with Crippen molar-refractivity contribution in [2.24, 2.45) is 0 Å². The Balaban J connectivity index is 3.01. The lowest BCUT2D eigenvalue weighted by molar-refractivity contribution is -0.245. The Bertz CT molecular complexity index is 277. The largest absolute Gasteiger partial charge is 0.411 e. The topological polar surface area (TPSA) is 72.8 Å². The Morgan fingerprint density at radius 1 is 1.47 bits per heavy atom. The molecular formula is C7H11F3N2O3. The molecule has 0 aromatic heterocycles. The van der Waals surface area contributed by atoms with Gasteiger partial charge in [-0.1, -0.05) is 0 Å². The van der Waals surface area contributed by atoms with Gasteiger partial charge in [0.05, 0.1) is 0 Å². The van der Waals surface area contributed by atoms with Crippen molar-refractivity contribution in [3.8, 4) is 0 Å². The van der Waals surface area contributed by atoms with E-state index in [9.17, 15) is 18.0 Å². The van der Waals surface area contributed by atoms with E-state index >= 15 is 0 Å². The lowest BCUT2D eigenvalue weighted by Crippen LogP contribution is -2.54. The van der Waals surface area contributed by atoms with Gasteiger partial charge < -0.3 is 10.2 Å². The Morgan fingerprint density at radius 3 is 2.13 bits per heavy atom. The maximum atomic E-state index is 12.3. The van der Waals surface area contributed by atoms with Crippen LogP contribution >= 0.6 is 0 Å². The molecule has 1 rings (SSSR count). The van der Waals surface area contributed by atoms with E-state index in [1.54, 1.807) is 5.43 Å². The quantitative estimate of drug-likeness (QED) is 0.522. The van der Waals surface area contributed by atoms with Gasteiger partial charge in [0.2, 0.25) is 0 Å². The fraction of sp³-hybridized carbons (Fsp3) is 0.857. The van der Waals surface area contributed by atoms with Gasteiger partial charge in [-0.2, -0.15) is 13.2 Å². The van der Waals surface area contributed by atoms with Crippen LogP contribution in [0.3, 0.4) is 0 Å². The highest BCUT2D eigenvalue weighted by Gasteiger charge is 2.63. The second kappa shape index (κ2) is 3.32. The van der Waals surface area contributed by atoms with Crippen LogP contribution in [0.25, 0.3) is 0 Å². The first kappa shape index (κ1) is 12.2. The normalized spacial score (nSPS) is 26.5. The SMILES string of the molecule is CC(C)N1NC(C(F)(F)F)C(O)(O)C1=O. The van der Waals surface area contributed by atoms with Crippen molar-refractivity contribution in [1.82, 2.24) is 10.4 Å². The predicted octanol–water partition coefficient (Wildman–Crippen LogP) is -0.647. The van der Waals surface area contributed by atoms with Gasteiger partial charge in [0.15, 0.2) is 6.04 Å². The van der Waals surface area contributed by atoms with E-state index in [-0.39, 0.29) is 0 Å². The van der Waals surface area contributed by atoms with Crippen molar-refractivity contribution in [3.63, 3.8) is 0 Å². The molecule has 0 aromatic carbocycles. The van der Waals surface area contributed by atoms with Gasteiger partial charge in [-0.25, -0.2) is 5.43 Å². The van der Waals surface area contributed by atoms with Gasteiger partial charge in [-0.15, -0.1) is 0 Å². The van der Waals surface area contributed by atoms with E-state index in [0.29, 0.717) is 5.01 Å². The van der Waals surface area contributed by atoms with Crippen molar-refractivity contribution in [3.05, 3.63) is 0 Å². The lowest BCUT2D eigenvalue weighted by atomic mass is 10.1. The monoisotopic (exact) mass is 228 g/mol. The molecule has 1 saturated heterocycles. The molecule has 1 fully saturated rings. The molecule has 0 radical (unpaired) electrons. The summed E-state index contributed by atoms with van der Waals surface area (Å²) in [5.74, 6) is -4.84. The highest BCUT2D eigenvalue weighted by molar-refractivity contribution is 5.86. The first-order valence-corrected chi connectivity index (χ1v) is 4.19. The zero-order valence-electron chi connectivity index (χ0n) is 8.04. The van der Waals surface area contributed by atoms with E-state index in [2.05, 4.69) is 0 Å². The molecular weight excluding hydrogens is 217 g/mol. The van der Waals surface area contributed by atoms with Crippen LogP contribution in [0.15, 0.2) is 0 Å². The van der Waals surface area contributed by atoms with Crippen LogP contribution in [0.4, 0.5) is 13.2 Å². The molecule has 8 heteroatoms. The summed E-state index contributed by atoms with van der Waals surface area (Å²) in [4.78, 5) is 11.2. The lowest BCUT2D eigenvalue weighted by Gasteiger charge is -2.22. The summed E-state index contributed by atoms with van der Waals surface area (Å²) in [7, 11) is 0. The van der Waals surface area contributed by atoms with Crippen LogP contribution in [-0.2, 0) is 4.79 Å². The molecule has 0 aliphatic carbocycles. The van der Waals surface area contributed by atoms with Crippen molar-refractivity contribution in [2.75, 3.05) is 0 Å². The Kier molecular flexibility index (Phi) is 2.71. The number of carbonyl (C=O) groups excluding carboxylic acids is 1. The van der Waals surface area contributed by atoms with Crippen molar-refractivity contribution >= 4 is 5.91 Å². The molecule has 1 aliphatic heterocycles. The molecule has 0 saturated carbocycles. The first-order valence-electron chi connectivity index (χ1n) is 4.19. The molecule has 1 heterocycles. The van der Waals surface area contributed by atoms with Crippen molar-refractivity contribution in [1.29, 1.82) is 0 Å². The number of carbonyl (C=O) groups is 1. The number of nitrogens with zero attached hydrogens (tertiary/aromatic N) is 1. The van der Waals surface area contributed by atoms with Crippen LogP contribution in [-0.4, -0.2) is 45.2 Å². The third-order valence-corrected chi connectivity index (χ3v) is 2.05. The first-order chi connectivity index (χ1) is 6.58. The second-order valence-electron chi connectivity index (χ2n) is 3.60. The number of rotatable bonds is 1. The number of hydrazine groups is 1. The summed E-state index contributed by atoms with van der Waals surface area (Å²) >= 11 is 0. The molecule has 88 valence electrons. The smallest absolute Gasteiger partial charge is 0.357 e. The highest BCUT2D eigenvalue weighted by Crippen LogP contribution is 2.32. The molecule has 1 atom stereocenters. The van der Waals surface area contributed by atoms with E-state index in [1.807, 2.05) is 0 Å². The van der Waals surface area contributed by atoms with E-state index < -0.39 is 30.0 Å². The average molecular weight is 228 g/mol. The summed E-state index contributed by atoms with van der Waals surface area (Å²) in [5, 5.41) is 18.7. The summed E-state index contributed by atoms with van der Waals surface area (Å²) in [6, 6.07) is -3.30. The van der Waals surface area contributed by atoms with Crippen LogP contribution in [0.5, 0.6) is 0 Å². The average Bonchev–Trinajstić information content (AvgIpc) is 2.22. The highest BCUT2D eigenvalue weighted by atomic mass is 19.4. The Labute approximate surface area is 83.4 Å². The van der Waals surface area contributed by atoms with Crippen LogP contribution in [0.2, 0.25) is 0 Å². The van der Waals surface area contributed by atoms with Crippen LogP contribution in [0, 0.1) is 0 Å². The maximum Gasteiger partial charge on any atom is 0.411 e. The second-order valence-corrected chi connectivity index (χ2v) is 3.60. The van der Waals surface area contributed by atoms with Crippen LogP contribution < -0.4 is 5.43 Å². The summed E-state index contributed by atoms with van der Waals surface area (Å²) in [5.41, 5.74) is 1.73. The third kappa shape index (κ3) is 1.92. The standard InChI is InChI=1S/C7H11F3N2O3/c1-3(2)12-5(13)6(14,15)4(11-12)7(8,9)10/h3-4,11,14-15H,1-2H3. The molecule has 3 N–H and O–H groups in total.